The average molecular weight is 426 g/mol. The van der Waals surface area contributed by atoms with Gasteiger partial charge in [0.05, 0.1) is 24.9 Å². The summed E-state index contributed by atoms with van der Waals surface area (Å²) in [4.78, 5) is 9.41. The van der Waals surface area contributed by atoms with Crippen LogP contribution in [0.2, 0.25) is 0 Å². The van der Waals surface area contributed by atoms with Gasteiger partial charge in [-0.1, -0.05) is 12.1 Å². The predicted octanol–water partition coefficient (Wildman–Crippen LogP) is 2.74. The van der Waals surface area contributed by atoms with E-state index < -0.39 is 11.6 Å². The first-order valence-electron chi connectivity index (χ1n) is 10.5. The number of hydrogen-bond donors (Lipinski definition) is 1. The summed E-state index contributed by atoms with van der Waals surface area (Å²) in [5, 5.41) is 13.3. The Bertz CT molecular complexity index is 1110. The van der Waals surface area contributed by atoms with Crippen LogP contribution in [0.1, 0.15) is 11.3 Å². The van der Waals surface area contributed by atoms with E-state index in [1.165, 1.54) is 6.07 Å². The maximum atomic E-state index is 14.0. The van der Waals surface area contributed by atoms with Gasteiger partial charge in [-0.2, -0.15) is 5.10 Å². The van der Waals surface area contributed by atoms with E-state index in [1.807, 2.05) is 19.2 Å². The SMILES string of the molecule is Cc1nnc(NCc2cccc(F)c2F)c2cc(N3CCN4CCOCC4C3)ncc12. The van der Waals surface area contributed by atoms with Gasteiger partial charge in [0.2, 0.25) is 0 Å². The normalized spacial score (nSPS) is 19.5. The first-order valence-corrected chi connectivity index (χ1v) is 10.5. The molecule has 0 spiro atoms. The van der Waals surface area contributed by atoms with Crippen LogP contribution >= 0.6 is 0 Å². The van der Waals surface area contributed by atoms with Gasteiger partial charge in [-0.05, 0) is 19.1 Å². The summed E-state index contributed by atoms with van der Waals surface area (Å²) in [6.07, 6.45) is 1.81. The number of aromatic nitrogens is 3. The Morgan fingerprint density at radius 1 is 1.16 bits per heavy atom. The van der Waals surface area contributed by atoms with Crippen LogP contribution in [0.15, 0.2) is 30.5 Å². The van der Waals surface area contributed by atoms with Crippen molar-refractivity contribution in [2.75, 3.05) is 49.6 Å². The topological polar surface area (TPSA) is 66.4 Å². The molecule has 2 fully saturated rings. The smallest absolute Gasteiger partial charge is 0.163 e. The second-order valence-electron chi connectivity index (χ2n) is 8.00. The van der Waals surface area contributed by atoms with Crippen molar-refractivity contribution in [3.8, 4) is 0 Å². The van der Waals surface area contributed by atoms with Crippen LogP contribution in [-0.2, 0) is 11.3 Å². The summed E-state index contributed by atoms with van der Waals surface area (Å²) in [6.45, 7) is 7.22. The highest BCUT2D eigenvalue weighted by Crippen LogP contribution is 2.28. The molecule has 0 saturated carbocycles. The molecule has 1 aromatic carbocycles. The molecule has 0 bridgehead atoms. The molecule has 31 heavy (non-hydrogen) atoms. The third-order valence-corrected chi connectivity index (χ3v) is 6.07. The van der Waals surface area contributed by atoms with E-state index in [4.69, 9.17) is 4.74 Å². The Morgan fingerprint density at radius 3 is 2.97 bits per heavy atom. The summed E-state index contributed by atoms with van der Waals surface area (Å²) in [5.74, 6) is -0.330. The van der Waals surface area contributed by atoms with Gasteiger partial charge in [0.25, 0.3) is 0 Å². The summed E-state index contributed by atoms with van der Waals surface area (Å²) in [6, 6.07) is 6.51. The van der Waals surface area contributed by atoms with E-state index in [9.17, 15) is 8.78 Å². The zero-order chi connectivity index (χ0) is 21.4. The van der Waals surface area contributed by atoms with Gasteiger partial charge >= 0.3 is 0 Å². The number of anilines is 2. The average Bonchev–Trinajstić information content (AvgIpc) is 2.80. The molecule has 2 saturated heterocycles. The van der Waals surface area contributed by atoms with Crippen LogP contribution < -0.4 is 10.2 Å². The van der Waals surface area contributed by atoms with Crippen molar-refractivity contribution < 1.29 is 13.5 Å². The van der Waals surface area contributed by atoms with E-state index in [0.29, 0.717) is 11.9 Å². The first-order chi connectivity index (χ1) is 15.1. The quantitative estimate of drug-likeness (QED) is 0.688. The molecule has 2 aromatic heterocycles. The molecule has 4 heterocycles. The van der Waals surface area contributed by atoms with Crippen molar-refractivity contribution in [1.82, 2.24) is 20.1 Å². The Balaban J connectivity index is 1.42. The third-order valence-electron chi connectivity index (χ3n) is 6.07. The van der Waals surface area contributed by atoms with Gasteiger partial charge in [-0.3, -0.25) is 4.90 Å². The molecule has 0 amide bonds. The van der Waals surface area contributed by atoms with E-state index in [2.05, 4.69) is 30.3 Å². The molecule has 2 aliphatic rings. The molecule has 1 unspecified atom stereocenters. The maximum Gasteiger partial charge on any atom is 0.163 e. The van der Waals surface area contributed by atoms with Crippen molar-refractivity contribution in [2.45, 2.75) is 19.5 Å². The van der Waals surface area contributed by atoms with Gasteiger partial charge in [0.15, 0.2) is 17.5 Å². The number of benzene rings is 1. The van der Waals surface area contributed by atoms with E-state index in [0.717, 1.165) is 67.7 Å². The number of nitrogens with zero attached hydrogens (tertiary/aromatic N) is 5. The van der Waals surface area contributed by atoms with Crippen molar-refractivity contribution in [3.05, 3.63) is 53.4 Å². The number of piperazine rings is 1. The van der Waals surface area contributed by atoms with E-state index in [-0.39, 0.29) is 12.1 Å². The van der Waals surface area contributed by atoms with Crippen LogP contribution in [0.4, 0.5) is 20.4 Å². The van der Waals surface area contributed by atoms with Gasteiger partial charge in [0, 0.05) is 55.3 Å². The molecule has 2 aliphatic heterocycles. The van der Waals surface area contributed by atoms with E-state index in [1.54, 1.807) is 6.07 Å². The van der Waals surface area contributed by atoms with Gasteiger partial charge in [-0.15, -0.1) is 5.10 Å². The molecule has 3 aromatic rings. The lowest BCUT2D eigenvalue weighted by Crippen LogP contribution is -2.58. The lowest BCUT2D eigenvalue weighted by atomic mass is 10.1. The number of morpholine rings is 1. The van der Waals surface area contributed by atoms with Gasteiger partial charge in [-0.25, -0.2) is 13.8 Å². The molecule has 9 heteroatoms. The number of rotatable bonds is 4. The van der Waals surface area contributed by atoms with Crippen LogP contribution in [0.3, 0.4) is 0 Å². The maximum absolute atomic E-state index is 14.0. The highest BCUT2D eigenvalue weighted by molar-refractivity contribution is 5.94. The molecular weight excluding hydrogens is 402 g/mol. The molecule has 5 rings (SSSR count). The second-order valence-corrected chi connectivity index (χ2v) is 8.00. The number of halogens is 2. The second kappa shape index (κ2) is 8.32. The standard InChI is InChI=1S/C22H24F2N6O/c1-14-18-11-25-20(30-6-5-29-7-8-31-13-16(29)12-30)9-17(18)22(28-27-14)26-10-15-3-2-4-19(23)21(15)24/h2-4,9,11,16H,5-8,10,12-13H2,1H3,(H,26,28). The number of nitrogens with one attached hydrogen (secondary N) is 1. The summed E-state index contributed by atoms with van der Waals surface area (Å²) in [5.41, 5.74) is 1.00. The largest absolute Gasteiger partial charge is 0.378 e. The highest BCUT2D eigenvalue weighted by Gasteiger charge is 2.30. The molecule has 1 atom stereocenters. The molecule has 0 radical (unpaired) electrons. The minimum absolute atomic E-state index is 0.103. The molecule has 162 valence electrons. The lowest BCUT2D eigenvalue weighted by Gasteiger charge is -2.44. The molecule has 0 aliphatic carbocycles. The number of fused-ring (bicyclic) bond motifs is 2. The van der Waals surface area contributed by atoms with Crippen LogP contribution in [-0.4, -0.2) is 65.5 Å². The fourth-order valence-electron chi connectivity index (χ4n) is 4.28. The van der Waals surface area contributed by atoms with Crippen LogP contribution in [0.25, 0.3) is 10.8 Å². The summed E-state index contributed by atoms with van der Waals surface area (Å²) < 4.78 is 33.2. The molecule has 7 nitrogen and oxygen atoms in total. The predicted molar refractivity (Wildman–Crippen MR) is 114 cm³/mol. The Hall–Kier alpha value is -2.91. The number of ether oxygens (including phenoxy) is 1. The van der Waals surface area contributed by atoms with Gasteiger partial charge < -0.3 is 15.0 Å². The lowest BCUT2D eigenvalue weighted by molar-refractivity contribution is -0.0117. The van der Waals surface area contributed by atoms with Gasteiger partial charge in [0.1, 0.15) is 5.82 Å². The molecular formula is C22H24F2N6O. The van der Waals surface area contributed by atoms with Crippen molar-refractivity contribution >= 4 is 22.4 Å². The summed E-state index contributed by atoms with van der Waals surface area (Å²) >= 11 is 0. The third kappa shape index (κ3) is 3.90. The monoisotopic (exact) mass is 426 g/mol. The zero-order valence-electron chi connectivity index (χ0n) is 17.3. The fraction of sp³-hybridized carbons (Fsp3) is 0.409. The van der Waals surface area contributed by atoms with Crippen molar-refractivity contribution in [3.63, 3.8) is 0 Å². The molecule has 1 N–H and O–H groups in total. The fourth-order valence-corrected chi connectivity index (χ4v) is 4.28. The van der Waals surface area contributed by atoms with Crippen LogP contribution in [0.5, 0.6) is 0 Å². The first kappa shape index (κ1) is 20.0. The van der Waals surface area contributed by atoms with Crippen LogP contribution in [0, 0.1) is 18.6 Å². The minimum Gasteiger partial charge on any atom is -0.378 e. The van der Waals surface area contributed by atoms with E-state index >= 15 is 0 Å². The Labute approximate surface area is 179 Å². The van der Waals surface area contributed by atoms with Crippen molar-refractivity contribution in [2.24, 2.45) is 0 Å². The highest BCUT2D eigenvalue weighted by atomic mass is 19.2. The number of aryl methyl sites for hydroxylation is 1. The number of hydrogen-bond acceptors (Lipinski definition) is 7. The Morgan fingerprint density at radius 2 is 2.06 bits per heavy atom. The van der Waals surface area contributed by atoms with Crippen molar-refractivity contribution in [1.29, 1.82) is 0 Å². The summed E-state index contributed by atoms with van der Waals surface area (Å²) in [7, 11) is 0. The Kier molecular flexibility index (Phi) is 5.37. The number of pyridine rings is 1. The zero-order valence-corrected chi connectivity index (χ0v) is 17.3. The minimum atomic E-state index is -0.864.